The third-order valence-electron chi connectivity index (χ3n) is 4.21. The fourth-order valence-corrected chi connectivity index (χ4v) is 4.88. The van der Waals surface area contributed by atoms with E-state index in [0.717, 1.165) is 10.9 Å². The molecule has 0 saturated carbocycles. The summed E-state index contributed by atoms with van der Waals surface area (Å²) in [5, 5.41) is 0.960. The van der Waals surface area contributed by atoms with Crippen molar-refractivity contribution in [2.75, 3.05) is 0 Å². The Morgan fingerprint density at radius 2 is 1.72 bits per heavy atom. The van der Waals surface area contributed by atoms with Gasteiger partial charge < -0.3 is 9.88 Å². The van der Waals surface area contributed by atoms with E-state index >= 15 is 0 Å². The zero-order chi connectivity index (χ0) is 19.0. The Balaban J connectivity index is 2.65. The molecular formula is C19H29N3O2S. The molecule has 1 heterocycles. The predicted molar refractivity (Wildman–Crippen MR) is 104 cm³/mol. The summed E-state index contributed by atoms with van der Waals surface area (Å²) >= 11 is 0. The summed E-state index contributed by atoms with van der Waals surface area (Å²) in [5.41, 5.74) is 0.969. The average Bonchev–Trinajstić information content (AvgIpc) is 2.92. The van der Waals surface area contributed by atoms with Gasteiger partial charge in [0, 0.05) is 34.1 Å². The van der Waals surface area contributed by atoms with E-state index in [-0.39, 0.29) is 12.1 Å². The Kier molecular flexibility index (Phi) is 5.33. The number of rotatable bonds is 3. The quantitative estimate of drug-likeness (QED) is 0.831. The molecule has 2 rings (SSSR count). The molecule has 138 valence electrons. The standard InChI is InChI=1S/C19H29N3O2S/c1-13(2)22(14(3)4)18(23)21-25(24,19(5,6)7)16-8-9-17-15(12-16)10-11-20-17/h8-14,20H,1-7H3/t25-/m0/s1. The SMILES string of the molecule is CC(C)N(C(=O)N=[S@](=O)(c1ccc2[nH]ccc2c1)C(C)(C)C)C(C)C. The van der Waals surface area contributed by atoms with Crippen molar-refractivity contribution in [1.29, 1.82) is 0 Å². The van der Waals surface area contributed by atoms with Crippen molar-refractivity contribution < 1.29 is 9.00 Å². The molecule has 1 atom stereocenters. The van der Waals surface area contributed by atoms with Crippen LogP contribution in [0.1, 0.15) is 48.5 Å². The van der Waals surface area contributed by atoms with Crippen LogP contribution in [0.4, 0.5) is 4.79 Å². The second-order valence-electron chi connectivity index (χ2n) is 7.83. The molecule has 2 amide bonds. The summed E-state index contributed by atoms with van der Waals surface area (Å²) in [4.78, 5) is 18.2. The summed E-state index contributed by atoms with van der Waals surface area (Å²) in [6.45, 7) is 13.4. The first-order chi connectivity index (χ1) is 11.5. The average molecular weight is 364 g/mol. The van der Waals surface area contributed by atoms with E-state index in [4.69, 9.17) is 0 Å². The molecule has 0 aliphatic rings. The maximum absolute atomic E-state index is 13.9. The number of carbonyl (C=O) groups is 1. The number of nitrogens with zero attached hydrogens (tertiary/aromatic N) is 2. The summed E-state index contributed by atoms with van der Waals surface area (Å²) in [5.74, 6) is 0. The molecule has 1 aromatic heterocycles. The summed E-state index contributed by atoms with van der Waals surface area (Å²) in [7, 11) is -2.94. The van der Waals surface area contributed by atoms with Crippen LogP contribution in [0.2, 0.25) is 0 Å². The second kappa shape index (κ2) is 6.83. The third kappa shape index (κ3) is 3.73. The van der Waals surface area contributed by atoms with E-state index in [1.54, 1.807) is 11.0 Å². The van der Waals surface area contributed by atoms with Gasteiger partial charge in [-0.3, -0.25) is 0 Å². The molecule has 0 radical (unpaired) electrons. The number of amides is 2. The van der Waals surface area contributed by atoms with E-state index < -0.39 is 20.5 Å². The first-order valence-corrected chi connectivity index (χ1v) is 10.1. The highest BCUT2D eigenvalue weighted by molar-refractivity contribution is 7.95. The first kappa shape index (κ1) is 19.5. The molecule has 1 aromatic carbocycles. The highest BCUT2D eigenvalue weighted by Gasteiger charge is 2.32. The van der Waals surface area contributed by atoms with Crippen LogP contribution in [0.15, 0.2) is 39.7 Å². The van der Waals surface area contributed by atoms with Crippen molar-refractivity contribution in [3.8, 4) is 0 Å². The van der Waals surface area contributed by atoms with Crippen LogP contribution in [-0.4, -0.2) is 37.0 Å². The lowest BCUT2D eigenvalue weighted by Crippen LogP contribution is -2.41. The Labute approximate surface area is 151 Å². The fourth-order valence-electron chi connectivity index (χ4n) is 2.94. The van der Waals surface area contributed by atoms with Crippen molar-refractivity contribution in [3.63, 3.8) is 0 Å². The number of aromatic amines is 1. The van der Waals surface area contributed by atoms with Gasteiger partial charge in [-0.2, -0.15) is 0 Å². The summed E-state index contributed by atoms with van der Waals surface area (Å²) in [6.07, 6.45) is 1.84. The largest absolute Gasteiger partial charge is 0.361 e. The second-order valence-corrected chi connectivity index (χ2v) is 10.8. The lowest BCUT2D eigenvalue weighted by atomic mass is 10.2. The van der Waals surface area contributed by atoms with Crippen molar-refractivity contribution in [1.82, 2.24) is 9.88 Å². The van der Waals surface area contributed by atoms with Crippen molar-refractivity contribution in [2.24, 2.45) is 4.36 Å². The van der Waals surface area contributed by atoms with Gasteiger partial charge in [0.2, 0.25) is 0 Å². The number of aromatic nitrogens is 1. The maximum Gasteiger partial charge on any atom is 0.352 e. The Bertz CT molecular complexity index is 873. The van der Waals surface area contributed by atoms with E-state index in [1.165, 1.54) is 0 Å². The first-order valence-electron chi connectivity index (χ1n) is 8.63. The molecule has 25 heavy (non-hydrogen) atoms. The van der Waals surface area contributed by atoms with Crippen LogP contribution >= 0.6 is 0 Å². The van der Waals surface area contributed by atoms with E-state index in [2.05, 4.69) is 9.35 Å². The molecule has 5 nitrogen and oxygen atoms in total. The number of benzene rings is 1. The van der Waals surface area contributed by atoms with E-state index in [9.17, 15) is 9.00 Å². The molecule has 0 fully saturated rings. The van der Waals surface area contributed by atoms with Crippen molar-refractivity contribution in [2.45, 2.75) is 70.2 Å². The van der Waals surface area contributed by atoms with Gasteiger partial charge in [0.25, 0.3) is 0 Å². The van der Waals surface area contributed by atoms with E-state index in [0.29, 0.717) is 4.90 Å². The van der Waals surface area contributed by atoms with Crippen LogP contribution in [0.25, 0.3) is 10.9 Å². The lowest BCUT2D eigenvalue weighted by molar-refractivity contribution is 0.175. The highest BCUT2D eigenvalue weighted by Crippen LogP contribution is 2.30. The van der Waals surface area contributed by atoms with Gasteiger partial charge >= 0.3 is 6.03 Å². The molecule has 0 aliphatic heterocycles. The topological polar surface area (TPSA) is 65.5 Å². The smallest absolute Gasteiger partial charge is 0.352 e. The number of carbonyl (C=O) groups excluding carboxylic acids is 1. The molecule has 0 bridgehead atoms. The molecule has 2 aromatic rings. The van der Waals surface area contributed by atoms with E-state index in [1.807, 2.05) is 72.9 Å². The van der Waals surface area contributed by atoms with Gasteiger partial charge in [-0.05, 0) is 72.7 Å². The number of H-pyrrole nitrogens is 1. The predicted octanol–water partition coefficient (Wildman–Crippen LogP) is 5.03. The normalized spacial score (nSPS) is 14.8. The number of fused-ring (bicyclic) bond motifs is 1. The number of nitrogens with one attached hydrogen (secondary N) is 1. The van der Waals surface area contributed by atoms with Gasteiger partial charge in [-0.25, -0.2) is 9.00 Å². The highest BCUT2D eigenvalue weighted by atomic mass is 32.2. The van der Waals surface area contributed by atoms with Crippen LogP contribution in [0.5, 0.6) is 0 Å². The Hall–Kier alpha value is -1.82. The minimum Gasteiger partial charge on any atom is -0.361 e. The molecule has 0 unspecified atom stereocenters. The Morgan fingerprint density at radius 1 is 1.12 bits per heavy atom. The van der Waals surface area contributed by atoms with Crippen LogP contribution in [0, 0.1) is 0 Å². The number of urea groups is 1. The molecular weight excluding hydrogens is 334 g/mol. The maximum atomic E-state index is 13.9. The fraction of sp³-hybridized carbons (Fsp3) is 0.526. The molecule has 0 saturated heterocycles. The molecule has 1 N–H and O–H groups in total. The molecule has 0 spiro atoms. The van der Waals surface area contributed by atoms with Crippen molar-refractivity contribution >= 4 is 26.7 Å². The van der Waals surface area contributed by atoms with Gasteiger partial charge in [0.05, 0.1) is 14.5 Å². The molecule has 0 aliphatic carbocycles. The van der Waals surface area contributed by atoms with Crippen molar-refractivity contribution in [3.05, 3.63) is 30.5 Å². The van der Waals surface area contributed by atoms with Gasteiger partial charge in [0.15, 0.2) is 0 Å². The minimum atomic E-state index is -2.94. The van der Waals surface area contributed by atoms with Gasteiger partial charge in [-0.1, -0.05) is 0 Å². The Morgan fingerprint density at radius 3 is 2.24 bits per heavy atom. The monoisotopic (exact) mass is 363 g/mol. The zero-order valence-electron chi connectivity index (χ0n) is 16.2. The van der Waals surface area contributed by atoms with Gasteiger partial charge in [0.1, 0.15) is 0 Å². The van der Waals surface area contributed by atoms with Crippen LogP contribution < -0.4 is 0 Å². The zero-order valence-corrected chi connectivity index (χ0v) is 17.0. The third-order valence-corrected chi connectivity index (χ3v) is 7.18. The minimum absolute atomic E-state index is 0.00739. The molecule has 6 heteroatoms. The van der Waals surface area contributed by atoms with Crippen LogP contribution in [-0.2, 0) is 9.73 Å². The summed E-state index contributed by atoms with van der Waals surface area (Å²) in [6, 6.07) is 7.05. The summed E-state index contributed by atoms with van der Waals surface area (Å²) < 4.78 is 17.5. The lowest BCUT2D eigenvalue weighted by Gasteiger charge is -2.31. The number of hydrogen-bond donors (Lipinski definition) is 1. The van der Waals surface area contributed by atoms with Gasteiger partial charge in [-0.15, -0.1) is 4.36 Å². The van der Waals surface area contributed by atoms with Crippen LogP contribution in [0.3, 0.4) is 0 Å². The number of hydrogen-bond acceptors (Lipinski definition) is 2.